The van der Waals surface area contributed by atoms with Crippen molar-refractivity contribution in [1.82, 2.24) is 4.98 Å². The Bertz CT molecular complexity index is 788. The van der Waals surface area contributed by atoms with E-state index in [-0.39, 0.29) is 11.7 Å². The van der Waals surface area contributed by atoms with Crippen LogP contribution in [-0.2, 0) is 0 Å². The Morgan fingerprint density at radius 1 is 0.957 bits per heavy atom. The Morgan fingerprint density at radius 3 is 2.35 bits per heavy atom. The molecule has 4 nitrogen and oxygen atoms in total. The number of hydrogen-bond donors (Lipinski definition) is 1. The molecule has 0 spiro atoms. The summed E-state index contributed by atoms with van der Waals surface area (Å²) < 4.78 is 18.3. The first-order valence-corrected chi connectivity index (χ1v) is 6.96. The van der Waals surface area contributed by atoms with E-state index in [0.717, 1.165) is 0 Å². The van der Waals surface area contributed by atoms with Gasteiger partial charge in [0, 0.05) is 11.6 Å². The van der Waals surface area contributed by atoms with Crippen LogP contribution in [0.15, 0.2) is 72.9 Å². The molecule has 3 aromatic rings. The van der Waals surface area contributed by atoms with Gasteiger partial charge in [-0.1, -0.05) is 18.2 Å². The summed E-state index contributed by atoms with van der Waals surface area (Å²) in [4.78, 5) is 16.1. The molecule has 2 aromatic carbocycles. The van der Waals surface area contributed by atoms with Gasteiger partial charge in [-0.15, -0.1) is 0 Å². The van der Waals surface area contributed by atoms with Crippen LogP contribution in [0.25, 0.3) is 0 Å². The summed E-state index contributed by atoms with van der Waals surface area (Å²) in [5.41, 5.74) is 1.13. The molecular formula is C18H13FN2O2. The number of benzene rings is 2. The Kier molecular flexibility index (Phi) is 4.29. The number of carbonyl (C=O) groups is 1. The van der Waals surface area contributed by atoms with Crippen molar-refractivity contribution in [3.8, 4) is 11.6 Å². The van der Waals surface area contributed by atoms with Crippen LogP contribution in [0, 0.1) is 5.82 Å². The summed E-state index contributed by atoms with van der Waals surface area (Å²) in [6.45, 7) is 0. The van der Waals surface area contributed by atoms with Crippen LogP contribution in [0.4, 0.5) is 10.1 Å². The molecular weight excluding hydrogens is 295 g/mol. The highest BCUT2D eigenvalue weighted by Crippen LogP contribution is 2.20. The largest absolute Gasteiger partial charge is 0.439 e. The van der Waals surface area contributed by atoms with Crippen LogP contribution in [0.1, 0.15) is 10.4 Å². The Morgan fingerprint density at radius 2 is 1.70 bits per heavy atom. The first kappa shape index (κ1) is 14.7. The molecule has 0 radical (unpaired) electrons. The number of halogens is 1. The molecule has 0 bridgehead atoms. The highest BCUT2D eigenvalue weighted by molar-refractivity contribution is 6.04. The molecule has 0 saturated carbocycles. The zero-order valence-corrected chi connectivity index (χ0v) is 12.1. The lowest BCUT2D eigenvalue weighted by Gasteiger charge is -2.07. The second kappa shape index (κ2) is 6.70. The molecule has 1 heterocycles. The SMILES string of the molecule is O=C(Nc1ccc(Oc2ccc(F)cc2)nc1)c1ccccc1. The van der Waals surface area contributed by atoms with Crippen LogP contribution in [0.5, 0.6) is 11.6 Å². The molecule has 5 heteroatoms. The predicted octanol–water partition coefficient (Wildman–Crippen LogP) is 4.27. The second-order valence-corrected chi connectivity index (χ2v) is 4.76. The summed E-state index contributed by atoms with van der Waals surface area (Å²) in [5, 5.41) is 2.75. The quantitative estimate of drug-likeness (QED) is 0.783. The summed E-state index contributed by atoms with van der Waals surface area (Å²) in [6.07, 6.45) is 1.50. The average molecular weight is 308 g/mol. The summed E-state index contributed by atoms with van der Waals surface area (Å²) in [7, 11) is 0. The lowest BCUT2D eigenvalue weighted by Crippen LogP contribution is -2.11. The van der Waals surface area contributed by atoms with Gasteiger partial charge in [-0.25, -0.2) is 9.37 Å². The minimum atomic E-state index is -0.329. The first-order chi connectivity index (χ1) is 11.2. The third kappa shape index (κ3) is 3.91. The Hall–Kier alpha value is -3.21. The highest BCUT2D eigenvalue weighted by atomic mass is 19.1. The predicted molar refractivity (Wildman–Crippen MR) is 85.1 cm³/mol. The number of amides is 1. The van der Waals surface area contributed by atoms with Crippen LogP contribution in [-0.4, -0.2) is 10.9 Å². The maximum atomic E-state index is 12.8. The van der Waals surface area contributed by atoms with Crippen molar-refractivity contribution in [1.29, 1.82) is 0 Å². The monoisotopic (exact) mass is 308 g/mol. The van der Waals surface area contributed by atoms with Crippen molar-refractivity contribution in [2.45, 2.75) is 0 Å². The van der Waals surface area contributed by atoms with E-state index >= 15 is 0 Å². The molecule has 0 aliphatic rings. The Balaban J connectivity index is 1.65. The fourth-order valence-corrected chi connectivity index (χ4v) is 1.93. The number of aromatic nitrogens is 1. The number of rotatable bonds is 4. The van der Waals surface area contributed by atoms with Gasteiger partial charge in [-0.05, 0) is 42.5 Å². The van der Waals surface area contributed by atoms with Crippen molar-refractivity contribution in [3.05, 3.63) is 84.3 Å². The Labute approximate surface area is 132 Å². The van der Waals surface area contributed by atoms with Crippen molar-refractivity contribution < 1.29 is 13.9 Å². The average Bonchev–Trinajstić information content (AvgIpc) is 2.59. The number of nitrogens with one attached hydrogen (secondary N) is 1. The van der Waals surface area contributed by atoms with Gasteiger partial charge < -0.3 is 10.1 Å². The van der Waals surface area contributed by atoms with E-state index in [9.17, 15) is 9.18 Å². The summed E-state index contributed by atoms with van der Waals surface area (Å²) in [6, 6.07) is 17.9. The first-order valence-electron chi connectivity index (χ1n) is 6.96. The third-order valence-electron chi connectivity index (χ3n) is 3.07. The molecule has 0 unspecified atom stereocenters. The number of anilines is 1. The molecule has 23 heavy (non-hydrogen) atoms. The smallest absolute Gasteiger partial charge is 0.255 e. The highest BCUT2D eigenvalue weighted by Gasteiger charge is 2.06. The normalized spacial score (nSPS) is 10.1. The fourth-order valence-electron chi connectivity index (χ4n) is 1.93. The van der Waals surface area contributed by atoms with Gasteiger partial charge in [0.05, 0.1) is 11.9 Å². The topological polar surface area (TPSA) is 51.2 Å². The standard InChI is InChI=1S/C18H13FN2O2/c19-14-6-9-16(10-7-14)23-17-11-8-15(12-20-17)21-18(22)13-4-2-1-3-5-13/h1-12H,(H,21,22). The van der Waals surface area contributed by atoms with Gasteiger partial charge in [0.2, 0.25) is 5.88 Å². The van der Waals surface area contributed by atoms with Gasteiger partial charge in [0.1, 0.15) is 11.6 Å². The molecule has 0 aliphatic carbocycles. The van der Waals surface area contributed by atoms with E-state index in [0.29, 0.717) is 22.9 Å². The van der Waals surface area contributed by atoms with Gasteiger partial charge in [0.15, 0.2) is 0 Å². The minimum Gasteiger partial charge on any atom is -0.439 e. The van der Waals surface area contributed by atoms with Crippen molar-refractivity contribution >= 4 is 11.6 Å². The third-order valence-corrected chi connectivity index (χ3v) is 3.07. The molecule has 0 saturated heterocycles. The minimum absolute atomic E-state index is 0.209. The van der Waals surface area contributed by atoms with E-state index in [1.165, 1.54) is 30.5 Å². The van der Waals surface area contributed by atoms with E-state index in [1.54, 1.807) is 36.4 Å². The van der Waals surface area contributed by atoms with E-state index in [1.807, 2.05) is 6.07 Å². The molecule has 114 valence electrons. The van der Waals surface area contributed by atoms with E-state index < -0.39 is 0 Å². The van der Waals surface area contributed by atoms with Gasteiger partial charge in [0.25, 0.3) is 5.91 Å². The molecule has 3 rings (SSSR count). The number of pyridine rings is 1. The van der Waals surface area contributed by atoms with Crippen molar-refractivity contribution in [2.75, 3.05) is 5.32 Å². The van der Waals surface area contributed by atoms with Crippen LogP contribution in [0.2, 0.25) is 0 Å². The van der Waals surface area contributed by atoms with Gasteiger partial charge in [-0.3, -0.25) is 4.79 Å². The molecule has 0 fully saturated rings. The van der Waals surface area contributed by atoms with Gasteiger partial charge in [-0.2, -0.15) is 0 Å². The lowest BCUT2D eigenvalue weighted by molar-refractivity contribution is 0.102. The van der Waals surface area contributed by atoms with Crippen molar-refractivity contribution in [3.63, 3.8) is 0 Å². The van der Waals surface area contributed by atoms with Gasteiger partial charge >= 0.3 is 0 Å². The molecule has 0 aliphatic heterocycles. The number of carbonyl (C=O) groups excluding carboxylic acids is 1. The number of ether oxygens (including phenoxy) is 1. The van der Waals surface area contributed by atoms with Crippen LogP contribution in [0.3, 0.4) is 0 Å². The number of nitrogens with zero attached hydrogens (tertiary/aromatic N) is 1. The van der Waals surface area contributed by atoms with Crippen molar-refractivity contribution in [2.24, 2.45) is 0 Å². The second-order valence-electron chi connectivity index (χ2n) is 4.76. The maximum absolute atomic E-state index is 12.8. The maximum Gasteiger partial charge on any atom is 0.255 e. The van der Waals surface area contributed by atoms with Crippen LogP contribution >= 0.6 is 0 Å². The lowest BCUT2D eigenvalue weighted by atomic mass is 10.2. The molecule has 1 aromatic heterocycles. The summed E-state index contributed by atoms with van der Waals surface area (Å²) >= 11 is 0. The zero-order valence-electron chi connectivity index (χ0n) is 12.1. The van der Waals surface area contributed by atoms with E-state index in [4.69, 9.17) is 4.74 Å². The molecule has 1 amide bonds. The number of hydrogen-bond acceptors (Lipinski definition) is 3. The van der Waals surface area contributed by atoms with Crippen LogP contribution < -0.4 is 10.1 Å². The molecule has 0 atom stereocenters. The zero-order chi connectivity index (χ0) is 16.1. The summed E-state index contributed by atoms with van der Waals surface area (Å²) in [5.74, 6) is 0.304. The molecule has 1 N–H and O–H groups in total. The van der Waals surface area contributed by atoms with E-state index in [2.05, 4.69) is 10.3 Å². The fraction of sp³-hybridized carbons (Fsp3) is 0.